The van der Waals surface area contributed by atoms with E-state index in [1.807, 2.05) is 0 Å². The number of hydrogen-bond acceptors (Lipinski definition) is 7. The largest absolute Gasteiger partial charge is 0.497 e. The van der Waals surface area contributed by atoms with Gasteiger partial charge in [0.25, 0.3) is 0 Å². The Hall–Kier alpha value is -2.94. The lowest BCUT2D eigenvalue weighted by atomic mass is 9.81. The van der Waals surface area contributed by atoms with E-state index in [1.54, 1.807) is 31.2 Å². The number of carbonyl (C=O) groups excluding carboxylic acids is 1. The van der Waals surface area contributed by atoms with E-state index in [0.717, 1.165) is 0 Å². The minimum absolute atomic E-state index is 0.0935. The van der Waals surface area contributed by atoms with Gasteiger partial charge < -0.3 is 24.3 Å². The van der Waals surface area contributed by atoms with Gasteiger partial charge in [0.2, 0.25) is 5.91 Å². The van der Waals surface area contributed by atoms with E-state index in [9.17, 15) is 13.2 Å². The van der Waals surface area contributed by atoms with Crippen molar-refractivity contribution in [3.8, 4) is 23.0 Å². The highest BCUT2D eigenvalue weighted by Crippen LogP contribution is 2.49. The third-order valence-electron chi connectivity index (χ3n) is 5.58. The molecule has 2 aliphatic heterocycles. The van der Waals surface area contributed by atoms with Gasteiger partial charge in [-0.05, 0) is 37.3 Å². The van der Waals surface area contributed by atoms with Crippen LogP contribution in [0, 0.1) is 0 Å². The van der Waals surface area contributed by atoms with E-state index < -0.39 is 32.6 Å². The highest BCUT2D eigenvalue weighted by Gasteiger charge is 2.54. The number of fused-ring (bicyclic) bond motifs is 4. The first-order valence-corrected chi connectivity index (χ1v) is 10.9. The molecule has 0 aromatic heterocycles. The maximum Gasteiger partial charge on any atom is 0.242 e. The SMILES string of the molecule is COc1ccc2c(c1)[C@H]1C[C@@](C)(NC(=O)[C@H]1S(=O)(=O)c1cc(OC)ccc1OC)O2. The Bertz CT molecular complexity index is 1110. The molecule has 0 saturated carbocycles. The van der Waals surface area contributed by atoms with Crippen LogP contribution in [0.2, 0.25) is 0 Å². The monoisotopic (exact) mass is 433 g/mol. The second-order valence-electron chi connectivity index (χ2n) is 7.52. The molecule has 9 heteroatoms. The Morgan fingerprint density at radius 3 is 2.37 bits per heavy atom. The van der Waals surface area contributed by atoms with Crippen LogP contribution in [-0.4, -0.2) is 46.6 Å². The minimum Gasteiger partial charge on any atom is -0.497 e. The fourth-order valence-electron chi connectivity index (χ4n) is 4.21. The molecule has 3 atom stereocenters. The van der Waals surface area contributed by atoms with E-state index in [0.29, 0.717) is 29.2 Å². The lowest BCUT2D eigenvalue weighted by Crippen LogP contribution is -2.63. The molecule has 2 aliphatic rings. The number of nitrogens with one attached hydrogen (secondary N) is 1. The highest BCUT2D eigenvalue weighted by molar-refractivity contribution is 7.93. The van der Waals surface area contributed by atoms with Crippen molar-refractivity contribution >= 4 is 15.7 Å². The predicted molar refractivity (Wildman–Crippen MR) is 108 cm³/mol. The molecule has 160 valence electrons. The summed E-state index contributed by atoms with van der Waals surface area (Å²) in [6, 6.07) is 9.68. The van der Waals surface area contributed by atoms with Gasteiger partial charge in [-0.2, -0.15) is 0 Å². The summed E-state index contributed by atoms with van der Waals surface area (Å²) < 4.78 is 49.2. The molecule has 1 amide bonds. The van der Waals surface area contributed by atoms with Gasteiger partial charge in [0.05, 0.1) is 21.3 Å². The molecule has 0 unspecified atom stereocenters. The van der Waals surface area contributed by atoms with Gasteiger partial charge in [-0.25, -0.2) is 8.42 Å². The fourth-order valence-corrected chi connectivity index (χ4v) is 6.21. The number of benzene rings is 2. The Labute approximate surface area is 175 Å². The van der Waals surface area contributed by atoms with Crippen molar-refractivity contribution in [3.63, 3.8) is 0 Å². The van der Waals surface area contributed by atoms with Crippen LogP contribution in [0.25, 0.3) is 0 Å². The number of rotatable bonds is 5. The first-order valence-electron chi connectivity index (χ1n) is 9.37. The van der Waals surface area contributed by atoms with Crippen molar-refractivity contribution in [2.75, 3.05) is 21.3 Å². The Morgan fingerprint density at radius 2 is 1.70 bits per heavy atom. The molecule has 0 spiro atoms. The van der Waals surface area contributed by atoms with Crippen molar-refractivity contribution in [3.05, 3.63) is 42.0 Å². The number of hydrogen-bond donors (Lipinski definition) is 1. The summed E-state index contributed by atoms with van der Waals surface area (Å²) in [5.74, 6) is 0.337. The zero-order valence-electron chi connectivity index (χ0n) is 17.1. The van der Waals surface area contributed by atoms with Crippen LogP contribution in [0.1, 0.15) is 24.8 Å². The summed E-state index contributed by atoms with van der Waals surface area (Å²) in [6.45, 7) is 1.74. The maximum atomic E-state index is 13.7. The van der Waals surface area contributed by atoms with Crippen LogP contribution in [0.5, 0.6) is 23.0 Å². The molecule has 0 aliphatic carbocycles. The van der Waals surface area contributed by atoms with Crippen LogP contribution in [0.4, 0.5) is 0 Å². The summed E-state index contributed by atoms with van der Waals surface area (Å²) in [4.78, 5) is 13.0. The molecule has 4 rings (SSSR count). The van der Waals surface area contributed by atoms with Crippen LogP contribution in [0.15, 0.2) is 41.3 Å². The standard InChI is InChI=1S/C21H23NO7S/c1-21-11-15(14-9-12(26-2)5-7-16(14)29-21)19(20(23)22-21)30(24,25)18-10-13(27-3)6-8-17(18)28-4/h5-10,15,19H,11H2,1-4H3,(H,22,23)/t15-,19+,21+/m1/s1. The maximum absolute atomic E-state index is 13.7. The topological polar surface area (TPSA) is 100 Å². The van der Waals surface area contributed by atoms with Gasteiger partial charge in [0.1, 0.15) is 27.9 Å². The molecule has 2 heterocycles. The molecule has 8 nitrogen and oxygen atoms in total. The van der Waals surface area contributed by atoms with Crippen LogP contribution in [-0.2, 0) is 14.6 Å². The third kappa shape index (κ3) is 3.13. The summed E-state index contributed by atoms with van der Waals surface area (Å²) in [6.07, 6.45) is 0.301. The van der Waals surface area contributed by atoms with E-state index in [1.165, 1.54) is 33.5 Å². The Kier molecular flexibility index (Phi) is 4.80. The minimum atomic E-state index is -4.14. The van der Waals surface area contributed by atoms with Gasteiger partial charge in [0, 0.05) is 24.0 Å². The van der Waals surface area contributed by atoms with E-state index >= 15 is 0 Å². The normalized spacial score (nSPS) is 24.9. The molecule has 1 N–H and O–H groups in total. The van der Waals surface area contributed by atoms with E-state index in [4.69, 9.17) is 18.9 Å². The second-order valence-corrected chi connectivity index (χ2v) is 9.56. The van der Waals surface area contributed by atoms with Crippen molar-refractivity contribution in [1.29, 1.82) is 0 Å². The van der Waals surface area contributed by atoms with Crippen molar-refractivity contribution in [2.24, 2.45) is 0 Å². The lowest BCUT2D eigenvalue weighted by molar-refractivity contribution is -0.132. The molecule has 2 aromatic carbocycles. The first kappa shape index (κ1) is 20.3. The van der Waals surface area contributed by atoms with Crippen LogP contribution >= 0.6 is 0 Å². The van der Waals surface area contributed by atoms with E-state index in [2.05, 4.69) is 5.32 Å². The number of piperidine rings is 1. The molecular weight excluding hydrogens is 410 g/mol. The van der Waals surface area contributed by atoms with Crippen molar-refractivity contribution < 1.29 is 32.2 Å². The summed E-state index contributed by atoms with van der Waals surface area (Å²) in [5.41, 5.74) is -0.370. The summed E-state index contributed by atoms with van der Waals surface area (Å²) >= 11 is 0. The van der Waals surface area contributed by atoms with Crippen molar-refractivity contribution in [2.45, 2.75) is 35.1 Å². The lowest BCUT2D eigenvalue weighted by Gasteiger charge is -2.46. The van der Waals surface area contributed by atoms with Gasteiger partial charge in [-0.1, -0.05) is 0 Å². The first-order chi connectivity index (χ1) is 14.2. The number of ether oxygens (including phenoxy) is 4. The average Bonchev–Trinajstić information content (AvgIpc) is 2.72. The van der Waals surface area contributed by atoms with Crippen molar-refractivity contribution in [1.82, 2.24) is 5.32 Å². The van der Waals surface area contributed by atoms with Gasteiger partial charge in [0.15, 0.2) is 20.8 Å². The number of carbonyl (C=O) groups is 1. The quantitative estimate of drug-likeness (QED) is 0.772. The molecular formula is C21H23NO7S. The number of methoxy groups -OCH3 is 3. The predicted octanol–water partition coefficient (Wildman–Crippen LogP) is 2.27. The number of sulfone groups is 1. The van der Waals surface area contributed by atoms with Crippen LogP contribution in [0.3, 0.4) is 0 Å². The van der Waals surface area contributed by atoms with Gasteiger partial charge in [-0.15, -0.1) is 0 Å². The van der Waals surface area contributed by atoms with Crippen LogP contribution < -0.4 is 24.3 Å². The zero-order valence-corrected chi connectivity index (χ0v) is 17.9. The number of amides is 1. The molecule has 0 radical (unpaired) electrons. The molecule has 1 saturated heterocycles. The smallest absolute Gasteiger partial charge is 0.242 e. The van der Waals surface area contributed by atoms with Gasteiger partial charge >= 0.3 is 0 Å². The molecule has 2 aromatic rings. The highest BCUT2D eigenvalue weighted by atomic mass is 32.2. The molecule has 30 heavy (non-hydrogen) atoms. The fraction of sp³-hybridized carbons (Fsp3) is 0.381. The zero-order chi connectivity index (χ0) is 21.7. The molecule has 2 bridgehead atoms. The molecule has 1 fully saturated rings. The average molecular weight is 433 g/mol. The summed E-state index contributed by atoms with van der Waals surface area (Å²) in [7, 11) is 0.211. The summed E-state index contributed by atoms with van der Waals surface area (Å²) in [5, 5.41) is 1.38. The third-order valence-corrected chi connectivity index (χ3v) is 7.73. The second kappa shape index (κ2) is 7.09. The van der Waals surface area contributed by atoms with E-state index in [-0.39, 0.29) is 10.6 Å². The Morgan fingerprint density at radius 1 is 1.03 bits per heavy atom. The Balaban J connectivity index is 1.89. The van der Waals surface area contributed by atoms with Gasteiger partial charge in [-0.3, -0.25) is 4.79 Å².